The Balaban J connectivity index is 1.88. The highest BCUT2D eigenvalue weighted by molar-refractivity contribution is 5.80. The summed E-state index contributed by atoms with van der Waals surface area (Å²) >= 11 is 0. The van der Waals surface area contributed by atoms with Gasteiger partial charge in [0.2, 0.25) is 0 Å². The lowest BCUT2D eigenvalue weighted by Crippen LogP contribution is -2.41. The van der Waals surface area contributed by atoms with Crippen molar-refractivity contribution in [1.82, 2.24) is 10.2 Å². The molecule has 2 saturated heterocycles. The van der Waals surface area contributed by atoms with Crippen LogP contribution < -0.4 is 5.32 Å². The lowest BCUT2D eigenvalue weighted by atomic mass is 10.2. The van der Waals surface area contributed by atoms with Crippen LogP contribution in [0.5, 0.6) is 0 Å². The van der Waals surface area contributed by atoms with Crippen molar-refractivity contribution < 1.29 is 9.84 Å². The number of hydrogen-bond donors (Lipinski definition) is 2. The van der Waals surface area contributed by atoms with Crippen molar-refractivity contribution in [2.45, 2.75) is 38.4 Å². The summed E-state index contributed by atoms with van der Waals surface area (Å²) in [5.74, 6) is 0.916. The first-order valence-corrected chi connectivity index (χ1v) is 6.62. The summed E-state index contributed by atoms with van der Waals surface area (Å²) in [5.41, 5.74) is 0. The number of β-amino-alcohol motifs (C(OH)–C–C–N with tert-alkyl or cyclic N) is 1. The Labute approximate surface area is 103 Å². The van der Waals surface area contributed by atoms with Gasteiger partial charge in [0.05, 0.1) is 18.8 Å². The topological polar surface area (TPSA) is 57.1 Å². The lowest BCUT2D eigenvalue weighted by molar-refractivity contribution is 0.117. The van der Waals surface area contributed by atoms with E-state index >= 15 is 0 Å². The molecule has 98 valence electrons. The molecule has 2 aliphatic heterocycles. The first kappa shape index (κ1) is 12.6. The molecule has 0 spiro atoms. The summed E-state index contributed by atoms with van der Waals surface area (Å²) in [6, 6.07) is 0. The second kappa shape index (κ2) is 6.21. The number of hydrogen-bond acceptors (Lipinski definition) is 3. The van der Waals surface area contributed by atoms with Crippen LogP contribution in [0.25, 0.3) is 0 Å². The van der Waals surface area contributed by atoms with Gasteiger partial charge < -0.3 is 20.1 Å². The number of aliphatic hydroxyl groups excluding tert-OH is 1. The Morgan fingerprint density at radius 2 is 2.41 bits per heavy atom. The maximum atomic E-state index is 9.55. The Morgan fingerprint density at radius 3 is 3.00 bits per heavy atom. The third kappa shape index (κ3) is 3.57. The smallest absolute Gasteiger partial charge is 0.194 e. The summed E-state index contributed by atoms with van der Waals surface area (Å²) in [6.45, 7) is 6.11. The van der Waals surface area contributed by atoms with Gasteiger partial charge in [0.25, 0.3) is 0 Å². The molecule has 0 aromatic carbocycles. The molecule has 0 aliphatic carbocycles. The molecular weight excluding hydrogens is 218 g/mol. The monoisotopic (exact) mass is 241 g/mol. The fraction of sp³-hybridized carbons (Fsp3) is 0.917. The van der Waals surface area contributed by atoms with Crippen molar-refractivity contribution in [2.75, 3.05) is 32.8 Å². The Kier molecular flexibility index (Phi) is 4.62. The van der Waals surface area contributed by atoms with E-state index in [0.29, 0.717) is 6.54 Å². The summed E-state index contributed by atoms with van der Waals surface area (Å²) in [4.78, 5) is 6.74. The highest BCUT2D eigenvalue weighted by Crippen LogP contribution is 2.13. The molecule has 17 heavy (non-hydrogen) atoms. The van der Waals surface area contributed by atoms with Crippen molar-refractivity contribution in [1.29, 1.82) is 0 Å². The number of nitrogens with one attached hydrogen (secondary N) is 1. The molecule has 2 heterocycles. The second-order valence-corrected chi connectivity index (χ2v) is 4.72. The van der Waals surface area contributed by atoms with Crippen LogP contribution in [0.1, 0.15) is 26.2 Å². The average molecular weight is 241 g/mol. The fourth-order valence-corrected chi connectivity index (χ4v) is 2.34. The van der Waals surface area contributed by atoms with E-state index in [2.05, 4.69) is 22.1 Å². The summed E-state index contributed by atoms with van der Waals surface area (Å²) < 4.78 is 5.56. The van der Waals surface area contributed by atoms with Crippen molar-refractivity contribution in [3.8, 4) is 0 Å². The van der Waals surface area contributed by atoms with E-state index < -0.39 is 0 Å². The van der Waals surface area contributed by atoms with E-state index in [9.17, 15) is 5.11 Å². The number of likely N-dealkylation sites (tertiary alicyclic amines) is 1. The first-order chi connectivity index (χ1) is 8.29. The molecular formula is C12H23N3O2. The zero-order valence-corrected chi connectivity index (χ0v) is 10.6. The van der Waals surface area contributed by atoms with Gasteiger partial charge in [0.15, 0.2) is 5.96 Å². The molecule has 2 atom stereocenters. The van der Waals surface area contributed by atoms with E-state index in [1.807, 2.05) is 0 Å². The quantitative estimate of drug-likeness (QED) is 0.547. The van der Waals surface area contributed by atoms with Crippen molar-refractivity contribution >= 4 is 5.96 Å². The molecule has 0 aromatic heterocycles. The third-order valence-electron chi connectivity index (χ3n) is 3.27. The summed E-state index contributed by atoms with van der Waals surface area (Å²) in [6.07, 6.45) is 3.19. The number of aliphatic hydroxyl groups is 1. The van der Waals surface area contributed by atoms with Crippen LogP contribution >= 0.6 is 0 Å². The van der Waals surface area contributed by atoms with Crippen molar-refractivity contribution in [3.05, 3.63) is 0 Å². The number of rotatable bonds is 3. The van der Waals surface area contributed by atoms with E-state index in [1.165, 1.54) is 0 Å². The van der Waals surface area contributed by atoms with Crippen molar-refractivity contribution in [2.24, 2.45) is 4.99 Å². The van der Waals surface area contributed by atoms with Gasteiger partial charge in [-0.1, -0.05) is 0 Å². The van der Waals surface area contributed by atoms with Crippen LogP contribution in [-0.2, 0) is 4.74 Å². The summed E-state index contributed by atoms with van der Waals surface area (Å²) in [7, 11) is 0. The SMILES string of the molecule is CCNC(=NCC1CCCO1)N1CC[C@@H](O)C1. The van der Waals surface area contributed by atoms with Crippen molar-refractivity contribution in [3.63, 3.8) is 0 Å². The number of ether oxygens (including phenoxy) is 1. The molecule has 2 aliphatic rings. The van der Waals surface area contributed by atoms with Crippen LogP contribution in [0.15, 0.2) is 4.99 Å². The van der Waals surface area contributed by atoms with Gasteiger partial charge >= 0.3 is 0 Å². The van der Waals surface area contributed by atoms with Gasteiger partial charge in [-0.2, -0.15) is 0 Å². The molecule has 0 saturated carbocycles. The molecule has 2 rings (SSSR count). The van der Waals surface area contributed by atoms with Crippen LogP contribution in [0.3, 0.4) is 0 Å². The van der Waals surface area contributed by atoms with Gasteiger partial charge in [-0.15, -0.1) is 0 Å². The van der Waals surface area contributed by atoms with Crippen LogP contribution in [0.2, 0.25) is 0 Å². The Bertz CT molecular complexity index is 264. The molecule has 0 radical (unpaired) electrons. The molecule has 5 heteroatoms. The van der Waals surface area contributed by atoms with E-state index in [-0.39, 0.29) is 12.2 Å². The minimum Gasteiger partial charge on any atom is -0.391 e. The maximum Gasteiger partial charge on any atom is 0.194 e. The number of guanidine groups is 1. The second-order valence-electron chi connectivity index (χ2n) is 4.72. The minimum atomic E-state index is -0.207. The van der Waals surface area contributed by atoms with E-state index in [4.69, 9.17) is 4.74 Å². The average Bonchev–Trinajstić information content (AvgIpc) is 2.95. The van der Waals surface area contributed by atoms with E-state index in [1.54, 1.807) is 0 Å². The fourth-order valence-electron chi connectivity index (χ4n) is 2.34. The normalized spacial score (nSPS) is 30.0. The zero-order chi connectivity index (χ0) is 12.1. The third-order valence-corrected chi connectivity index (χ3v) is 3.27. The van der Waals surface area contributed by atoms with Gasteiger partial charge in [-0.25, -0.2) is 0 Å². The Morgan fingerprint density at radius 1 is 1.53 bits per heavy atom. The number of nitrogens with zero attached hydrogens (tertiary/aromatic N) is 2. The molecule has 0 bridgehead atoms. The molecule has 2 N–H and O–H groups in total. The largest absolute Gasteiger partial charge is 0.391 e. The van der Waals surface area contributed by atoms with Crippen LogP contribution in [0, 0.1) is 0 Å². The molecule has 0 amide bonds. The highest BCUT2D eigenvalue weighted by Gasteiger charge is 2.23. The van der Waals surface area contributed by atoms with Gasteiger partial charge in [0, 0.05) is 26.2 Å². The molecule has 0 aromatic rings. The molecule has 1 unspecified atom stereocenters. The minimum absolute atomic E-state index is 0.207. The van der Waals surface area contributed by atoms with Crippen LogP contribution in [0.4, 0.5) is 0 Å². The highest BCUT2D eigenvalue weighted by atomic mass is 16.5. The zero-order valence-electron chi connectivity index (χ0n) is 10.6. The number of aliphatic imine (C=N–C) groups is 1. The maximum absolute atomic E-state index is 9.55. The predicted octanol–water partition coefficient (Wildman–Crippen LogP) is 0.197. The Hall–Kier alpha value is -0.810. The van der Waals surface area contributed by atoms with Gasteiger partial charge in [0.1, 0.15) is 0 Å². The molecule has 2 fully saturated rings. The molecule has 5 nitrogen and oxygen atoms in total. The van der Waals surface area contributed by atoms with Gasteiger partial charge in [-0.3, -0.25) is 4.99 Å². The first-order valence-electron chi connectivity index (χ1n) is 6.62. The summed E-state index contributed by atoms with van der Waals surface area (Å²) in [5, 5.41) is 12.8. The van der Waals surface area contributed by atoms with Gasteiger partial charge in [-0.05, 0) is 26.2 Å². The lowest BCUT2D eigenvalue weighted by Gasteiger charge is -2.21. The van der Waals surface area contributed by atoms with Crippen LogP contribution in [-0.4, -0.2) is 61.0 Å². The van der Waals surface area contributed by atoms with E-state index in [0.717, 1.165) is 51.5 Å². The standard InChI is InChI=1S/C12H23N3O2/c1-2-13-12(15-6-5-10(16)9-15)14-8-11-4-3-7-17-11/h10-11,16H,2-9H2,1H3,(H,13,14)/t10-,11?/m1/s1. The predicted molar refractivity (Wildman–Crippen MR) is 67.1 cm³/mol.